The van der Waals surface area contributed by atoms with Gasteiger partial charge in [-0.1, -0.05) is 124 Å². The normalized spacial score (nSPS) is 29.6. The molecule has 3 aromatic carbocycles. The van der Waals surface area contributed by atoms with Crippen LogP contribution in [-0.2, 0) is 52.7 Å². The lowest BCUT2D eigenvalue weighted by molar-refractivity contribution is -0.260. The molecule has 53 heavy (non-hydrogen) atoms. The van der Waals surface area contributed by atoms with E-state index in [2.05, 4.69) is 70.3 Å². The third-order valence-corrected chi connectivity index (χ3v) is 15.7. The Hall–Kier alpha value is -2.70. The lowest BCUT2D eigenvalue weighted by atomic mass is 9.89. The first-order chi connectivity index (χ1) is 25.6. The Kier molecular flexibility index (Phi) is 14.1. The van der Waals surface area contributed by atoms with Crippen molar-refractivity contribution in [2.75, 3.05) is 13.2 Å². The van der Waals surface area contributed by atoms with Crippen LogP contribution in [0.5, 0.6) is 0 Å². The molecule has 1 N–H and O–H groups in total. The van der Waals surface area contributed by atoms with Crippen LogP contribution in [0.4, 0.5) is 0 Å². The van der Waals surface area contributed by atoms with E-state index in [0.29, 0.717) is 52.3 Å². The fraction of sp³-hybridized carbons (Fsp3) is 0.545. The summed E-state index contributed by atoms with van der Waals surface area (Å²) in [7, 11) is -2.13. The molecule has 0 saturated carbocycles. The summed E-state index contributed by atoms with van der Waals surface area (Å²) in [4.78, 5) is 0. The van der Waals surface area contributed by atoms with Crippen LogP contribution >= 0.6 is 0 Å². The van der Waals surface area contributed by atoms with Crippen molar-refractivity contribution in [2.45, 2.75) is 139 Å². The lowest BCUT2D eigenvalue weighted by Gasteiger charge is -2.47. The zero-order valence-corrected chi connectivity index (χ0v) is 33.2. The zero-order chi connectivity index (χ0) is 37.3. The van der Waals surface area contributed by atoms with E-state index in [4.69, 9.17) is 32.8 Å². The van der Waals surface area contributed by atoms with Crippen molar-refractivity contribution < 1.29 is 38.0 Å². The zero-order valence-electron chi connectivity index (χ0n) is 32.2. The van der Waals surface area contributed by atoms with Gasteiger partial charge in [-0.15, -0.1) is 0 Å². The van der Waals surface area contributed by atoms with Crippen molar-refractivity contribution in [1.82, 2.24) is 0 Å². The molecule has 3 fully saturated rings. The Morgan fingerprint density at radius 1 is 0.755 bits per heavy atom. The van der Waals surface area contributed by atoms with Gasteiger partial charge in [-0.05, 0) is 47.7 Å². The molecule has 3 aliphatic heterocycles. The molecule has 3 saturated heterocycles. The second-order valence-corrected chi connectivity index (χ2v) is 21.0. The first-order valence-electron chi connectivity index (χ1n) is 19.4. The predicted octanol–water partition coefficient (Wildman–Crippen LogP) is 8.18. The monoisotopic (exact) mass is 744 g/mol. The van der Waals surface area contributed by atoms with Gasteiger partial charge in [0, 0.05) is 19.4 Å². The largest absolute Gasteiger partial charge is 0.409 e. The fourth-order valence-electron chi connectivity index (χ4n) is 7.13. The lowest BCUT2D eigenvalue weighted by Crippen LogP contribution is -2.58. The summed E-state index contributed by atoms with van der Waals surface area (Å²) in [5.41, 5.74) is 3.35. The number of benzene rings is 3. The number of hydrogen-bond donors (Lipinski definition) is 1. The van der Waals surface area contributed by atoms with Crippen molar-refractivity contribution in [3.63, 3.8) is 0 Å². The summed E-state index contributed by atoms with van der Waals surface area (Å²) < 4.78 is 45.8. The van der Waals surface area contributed by atoms with Crippen LogP contribution in [0.15, 0.2) is 103 Å². The van der Waals surface area contributed by atoms with Gasteiger partial charge < -0.3 is 38.0 Å². The number of fused-ring (bicyclic) bond motifs is 1. The van der Waals surface area contributed by atoms with Crippen LogP contribution in [0.1, 0.15) is 63.1 Å². The van der Waals surface area contributed by atoms with Crippen LogP contribution in [0.25, 0.3) is 0 Å². The van der Waals surface area contributed by atoms with E-state index < -0.39 is 20.5 Å². The number of aliphatic hydroxyl groups excluding tert-OH is 1. The predicted molar refractivity (Wildman–Crippen MR) is 209 cm³/mol. The molecule has 3 aliphatic rings. The molecule has 0 aromatic heterocycles. The third-order valence-electron chi connectivity index (χ3n) is 11.2. The summed E-state index contributed by atoms with van der Waals surface area (Å²) in [6, 6.07) is 30.6. The number of rotatable bonds is 15. The Morgan fingerprint density at radius 3 is 1.94 bits per heavy atom. The minimum atomic E-state index is -2.13. The van der Waals surface area contributed by atoms with Gasteiger partial charge in [-0.2, -0.15) is 0 Å². The average molecular weight is 745 g/mol. The van der Waals surface area contributed by atoms with Crippen molar-refractivity contribution >= 4 is 8.32 Å². The van der Waals surface area contributed by atoms with Gasteiger partial charge >= 0.3 is 0 Å². The van der Waals surface area contributed by atoms with Gasteiger partial charge in [0.2, 0.25) is 0 Å². The Labute approximate surface area is 317 Å². The minimum absolute atomic E-state index is 0.0508. The van der Waals surface area contributed by atoms with E-state index in [9.17, 15) is 5.11 Å². The highest BCUT2D eigenvalue weighted by atomic mass is 28.4. The Bertz CT molecular complexity index is 1530. The molecular weight excluding hydrogens is 685 g/mol. The van der Waals surface area contributed by atoms with Crippen molar-refractivity contribution in [3.8, 4) is 0 Å². The molecule has 3 aromatic rings. The summed E-state index contributed by atoms with van der Waals surface area (Å²) in [5.74, 6) is 0. The van der Waals surface area contributed by atoms with Crippen LogP contribution in [-0.4, -0.2) is 81.6 Å². The highest BCUT2D eigenvalue weighted by Gasteiger charge is 2.47. The van der Waals surface area contributed by atoms with E-state index in [-0.39, 0.29) is 47.8 Å². The fourth-order valence-corrected chi connectivity index (χ4v) is 8.47. The van der Waals surface area contributed by atoms with Crippen LogP contribution in [0.2, 0.25) is 18.1 Å². The molecule has 6 rings (SSSR count). The second kappa shape index (κ2) is 18.8. The molecule has 0 amide bonds. The van der Waals surface area contributed by atoms with Crippen LogP contribution in [0.3, 0.4) is 0 Å². The van der Waals surface area contributed by atoms with E-state index in [1.54, 1.807) is 0 Å². The highest BCUT2D eigenvalue weighted by molar-refractivity contribution is 6.74. The summed E-state index contributed by atoms with van der Waals surface area (Å²) >= 11 is 0. The molecule has 288 valence electrons. The maximum atomic E-state index is 11.4. The highest BCUT2D eigenvalue weighted by Crippen LogP contribution is 2.40. The summed E-state index contributed by atoms with van der Waals surface area (Å²) in [5, 5.41) is 11.4. The van der Waals surface area contributed by atoms with Gasteiger partial charge in [0.1, 0.15) is 12.2 Å². The summed E-state index contributed by atoms with van der Waals surface area (Å²) in [6.07, 6.45) is 4.04. The topological polar surface area (TPSA) is 84.8 Å². The molecule has 9 atom stereocenters. The van der Waals surface area contributed by atoms with Crippen LogP contribution in [0, 0.1) is 0 Å². The summed E-state index contributed by atoms with van der Waals surface area (Å²) in [6.45, 7) is 13.9. The third kappa shape index (κ3) is 11.2. The van der Waals surface area contributed by atoms with Gasteiger partial charge in [-0.3, -0.25) is 0 Å². The first-order valence-corrected chi connectivity index (χ1v) is 22.3. The standard InChI is InChI=1S/C44H60O8Si/c1-44(2,3)53(4,5)52-43-37(47-25-24-38(43)48-29-33-18-11-7-12-19-33)23-15-22-35-26-36(45)42-40(50-35)27-39(49-30-34-20-13-8-14-21-34)41(51-42)31-46-28-32-16-9-6-10-17-32/h6-22,35-43,45H,23-31H2,1-5H3/b22-15+/t35-,36+,37+,38-,39+,40+,41+,42-,43+/m0/s1. The SMILES string of the molecule is CC(C)(C)[Si](C)(C)O[C@H]1[C@@H](OCc2ccccc2)CCO[C@@H]1C/C=C/[C@H]1C[C@@H](O)[C@@H]2O[C@H](COCc3ccccc3)[C@H](OCc3ccccc3)C[C@H]2O1. The van der Waals surface area contributed by atoms with E-state index in [0.717, 1.165) is 23.1 Å². The van der Waals surface area contributed by atoms with Gasteiger partial charge in [0.05, 0.1) is 69.2 Å². The van der Waals surface area contributed by atoms with Crippen LogP contribution < -0.4 is 0 Å². The molecule has 0 bridgehead atoms. The molecule has 0 radical (unpaired) electrons. The number of ether oxygens (including phenoxy) is 6. The van der Waals surface area contributed by atoms with Crippen molar-refractivity contribution in [2.24, 2.45) is 0 Å². The molecule has 0 spiro atoms. The number of aliphatic hydroxyl groups is 1. The van der Waals surface area contributed by atoms with E-state index in [1.165, 1.54) is 0 Å². The van der Waals surface area contributed by atoms with Gasteiger partial charge in [-0.25, -0.2) is 0 Å². The van der Waals surface area contributed by atoms with Crippen molar-refractivity contribution in [1.29, 1.82) is 0 Å². The molecule has 9 heteroatoms. The molecule has 3 heterocycles. The smallest absolute Gasteiger partial charge is 0.192 e. The first kappa shape index (κ1) is 40.0. The van der Waals surface area contributed by atoms with E-state index in [1.807, 2.05) is 66.7 Å². The maximum Gasteiger partial charge on any atom is 0.192 e. The molecule has 8 nitrogen and oxygen atoms in total. The quantitative estimate of drug-likeness (QED) is 0.123. The minimum Gasteiger partial charge on any atom is -0.409 e. The van der Waals surface area contributed by atoms with Gasteiger partial charge in [0.25, 0.3) is 0 Å². The van der Waals surface area contributed by atoms with E-state index >= 15 is 0 Å². The van der Waals surface area contributed by atoms with Gasteiger partial charge in [0.15, 0.2) is 8.32 Å². The second-order valence-electron chi connectivity index (χ2n) is 16.3. The maximum absolute atomic E-state index is 11.4. The molecule has 0 unspecified atom stereocenters. The molecule has 0 aliphatic carbocycles. The Balaban J connectivity index is 1.09. The molecular formula is C44H60O8Si. The Morgan fingerprint density at radius 2 is 1.34 bits per heavy atom. The average Bonchev–Trinajstić information content (AvgIpc) is 3.15. The van der Waals surface area contributed by atoms with Crippen molar-refractivity contribution in [3.05, 3.63) is 120 Å². The number of hydrogen-bond acceptors (Lipinski definition) is 8.